The highest BCUT2D eigenvalue weighted by molar-refractivity contribution is 14.1. The molecule has 1 aliphatic rings. The summed E-state index contributed by atoms with van der Waals surface area (Å²) in [5.41, 5.74) is 0. The Morgan fingerprint density at radius 1 is 1.47 bits per heavy atom. The van der Waals surface area contributed by atoms with Gasteiger partial charge >= 0.3 is 5.97 Å². The third-order valence-corrected chi connectivity index (χ3v) is 2.67. The Hall–Kier alpha value is 0.120. The van der Waals surface area contributed by atoms with Crippen molar-refractivity contribution in [2.24, 2.45) is 0 Å². The fraction of sp³-hybridized carbons (Fsp3) is 0.900. The van der Waals surface area contributed by atoms with E-state index in [1.165, 1.54) is 0 Å². The molecule has 1 aliphatic heterocycles. The summed E-state index contributed by atoms with van der Waals surface area (Å²) in [4.78, 5) is 13.7. The molecule has 0 unspecified atom stereocenters. The number of rotatable bonds is 4. The minimum absolute atomic E-state index is 0.142. The van der Waals surface area contributed by atoms with Crippen molar-refractivity contribution in [1.82, 2.24) is 4.90 Å². The standard InChI is InChI=1S/C10H18INO3/c1-10(2,11)9(13)15-8-5-12-3-6-14-7-4-12/h3-8H2,1-2H3. The summed E-state index contributed by atoms with van der Waals surface area (Å²) < 4.78 is 9.98. The zero-order valence-electron chi connectivity index (χ0n) is 9.29. The maximum Gasteiger partial charge on any atom is 0.321 e. The number of carbonyl (C=O) groups excluding carboxylic acids is 1. The number of morpholine rings is 1. The first-order chi connectivity index (χ1) is 7.00. The molecular formula is C10H18INO3. The highest BCUT2D eigenvalue weighted by atomic mass is 127. The predicted octanol–water partition coefficient (Wildman–Crippen LogP) is 1.08. The van der Waals surface area contributed by atoms with Gasteiger partial charge in [-0.3, -0.25) is 9.69 Å². The largest absolute Gasteiger partial charge is 0.463 e. The van der Waals surface area contributed by atoms with Crippen LogP contribution in [0.1, 0.15) is 13.8 Å². The average molecular weight is 327 g/mol. The van der Waals surface area contributed by atoms with Crippen LogP contribution in [0.25, 0.3) is 0 Å². The van der Waals surface area contributed by atoms with Crippen LogP contribution >= 0.6 is 22.6 Å². The van der Waals surface area contributed by atoms with E-state index >= 15 is 0 Å². The SMILES string of the molecule is CC(C)(I)C(=O)OCCN1CCOCC1. The summed E-state index contributed by atoms with van der Waals surface area (Å²) in [6.45, 7) is 8.43. The molecule has 15 heavy (non-hydrogen) atoms. The highest BCUT2D eigenvalue weighted by Crippen LogP contribution is 2.18. The lowest BCUT2D eigenvalue weighted by Crippen LogP contribution is -2.39. The normalized spacial score (nSPS) is 18.9. The molecular weight excluding hydrogens is 309 g/mol. The Labute approximate surface area is 104 Å². The summed E-state index contributed by atoms with van der Waals surface area (Å²) in [7, 11) is 0. The van der Waals surface area contributed by atoms with Gasteiger partial charge in [-0.15, -0.1) is 0 Å². The van der Waals surface area contributed by atoms with Crippen LogP contribution < -0.4 is 0 Å². The molecule has 5 heteroatoms. The Balaban J connectivity index is 2.12. The lowest BCUT2D eigenvalue weighted by Gasteiger charge is -2.26. The van der Waals surface area contributed by atoms with E-state index in [1.54, 1.807) is 0 Å². The number of nitrogens with zero attached hydrogens (tertiary/aromatic N) is 1. The van der Waals surface area contributed by atoms with Crippen molar-refractivity contribution < 1.29 is 14.3 Å². The fourth-order valence-corrected chi connectivity index (χ4v) is 1.42. The van der Waals surface area contributed by atoms with Gasteiger partial charge in [-0.2, -0.15) is 0 Å². The van der Waals surface area contributed by atoms with E-state index in [2.05, 4.69) is 27.5 Å². The molecule has 0 atom stereocenters. The molecule has 4 nitrogen and oxygen atoms in total. The van der Waals surface area contributed by atoms with Crippen molar-refractivity contribution in [2.75, 3.05) is 39.5 Å². The highest BCUT2D eigenvalue weighted by Gasteiger charge is 2.25. The van der Waals surface area contributed by atoms with Crippen LogP contribution in [0, 0.1) is 0 Å². The Bertz CT molecular complexity index is 209. The molecule has 0 aromatic heterocycles. The molecule has 1 fully saturated rings. The summed E-state index contributed by atoms with van der Waals surface area (Å²) in [5.74, 6) is -0.142. The first-order valence-electron chi connectivity index (χ1n) is 5.16. The van der Waals surface area contributed by atoms with Gasteiger partial charge in [-0.1, -0.05) is 22.6 Å². The topological polar surface area (TPSA) is 38.8 Å². The average Bonchev–Trinajstić information content (AvgIpc) is 2.18. The fourth-order valence-electron chi connectivity index (χ4n) is 1.26. The van der Waals surface area contributed by atoms with Crippen LogP contribution in [0.2, 0.25) is 0 Å². The van der Waals surface area contributed by atoms with Crippen molar-refractivity contribution >= 4 is 28.6 Å². The molecule has 1 saturated heterocycles. The van der Waals surface area contributed by atoms with E-state index in [9.17, 15) is 4.79 Å². The molecule has 0 aliphatic carbocycles. The second-order valence-electron chi connectivity index (χ2n) is 4.06. The van der Waals surface area contributed by atoms with Gasteiger partial charge in [-0.05, 0) is 13.8 Å². The predicted molar refractivity (Wildman–Crippen MR) is 66.3 cm³/mol. The lowest BCUT2D eigenvalue weighted by atomic mass is 10.2. The van der Waals surface area contributed by atoms with Gasteiger partial charge in [0.05, 0.1) is 13.2 Å². The second kappa shape index (κ2) is 6.00. The van der Waals surface area contributed by atoms with E-state index in [-0.39, 0.29) is 5.97 Å². The van der Waals surface area contributed by atoms with Crippen LogP contribution in [0.4, 0.5) is 0 Å². The van der Waals surface area contributed by atoms with Crippen LogP contribution in [0.5, 0.6) is 0 Å². The van der Waals surface area contributed by atoms with Crippen molar-refractivity contribution in [3.05, 3.63) is 0 Å². The van der Waals surface area contributed by atoms with Gasteiger partial charge in [0.1, 0.15) is 10.0 Å². The number of hydrogen-bond acceptors (Lipinski definition) is 4. The van der Waals surface area contributed by atoms with Crippen molar-refractivity contribution in [3.63, 3.8) is 0 Å². The smallest absolute Gasteiger partial charge is 0.321 e. The van der Waals surface area contributed by atoms with Gasteiger partial charge in [0.15, 0.2) is 0 Å². The van der Waals surface area contributed by atoms with Crippen LogP contribution in [-0.4, -0.2) is 53.7 Å². The quantitative estimate of drug-likeness (QED) is 0.440. The Morgan fingerprint density at radius 2 is 2.07 bits per heavy atom. The third-order valence-electron chi connectivity index (χ3n) is 2.23. The van der Waals surface area contributed by atoms with Crippen LogP contribution in [0.3, 0.4) is 0 Å². The van der Waals surface area contributed by atoms with Crippen LogP contribution in [0.15, 0.2) is 0 Å². The van der Waals surface area contributed by atoms with E-state index in [1.807, 2.05) is 13.8 Å². The molecule has 0 spiro atoms. The summed E-state index contributed by atoms with van der Waals surface area (Å²) in [5, 5.41) is 0. The number of halogens is 1. The number of carbonyl (C=O) groups is 1. The number of alkyl halides is 1. The van der Waals surface area contributed by atoms with E-state index in [0.717, 1.165) is 32.8 Å². The molecule has 0 radical (unpaired) electrons. The molecule has 0 aromatic rings. The maximum atomic E-state index is 11.4. The maximum absolute atomic E-state index is 11.4. The zero-order valence-corrected chi connectivity index (χ0v) is 11.5. The second-order valence-corrected chi connectivity index (χ2v) is 6.76. The third kappa shape index (κ3) is 5.12. The summed E-state index contributed by atoms with van der Waals surface area (Å²) in [6, 6.07) is 0. The van der Waals surface area contributed by atoms with E-state index in [4.69, 9.17) is 9.47 Å². The van der Waals surface area contributed by atoms with Gasteiger partial charge in [0.2, 0.25) is 0 Å². The van der Waals surface area contributed by atoms with Gasteiger partial charge in [0.25, 0.3) is 0 Å². The Morgan fingerprint density at radius 3 is 2.60 bits per heavy atom. The molecule has 0 N–H and O–H groups in total. The molecule has 0 saturated carbocycles. The minimum atomic E-state index is -0.428. The molecule has 1 rings (SSSR count). The molecule has 88 valence electrons. The van der Waals surface area contributed by atoms with Crippen LogP contribution in [-0.2, 0) is 14.3 Å². The first kappa shape index (κ1) is 13.2. The first-order valence-corrected chi connectivity index (χ1v) is 6.24. The molecule has 0 aromatic carbocycles. The summed E-state index contributed by atoms with van der Waals surface area (Å²) >= 11 is 2.09. The van der Waals surface area contributed by atoms with Gasteiger partial charge < -0.3 is 9.47 Å². The van der Waals surface area contributed by atoms with E-state index in [0.29, 0.717) is 6.61 Å². The Kier molecular flexibility index (Phi) is 5.28. The molecule has 0 bridgehead atoms. The molecule has 1 heterocycles. The lowest BCUT2D eigenvalue weighted by molar-refractivity contribution is -0.145. The minimum Gasteiger partial charge on any atom is -0.463 e. The van der Waals surface area contributed by atoms with Crippen molar-refractivity contribution in [3.8, 4) is 0 Å². The monoisotopic (exact) mass is 327 g/mol. The zero-order chi connectivity index (χ0) is 11.3. The van der Waals surface area contributed by atoms with Crippen molar-refractivity contribution in [1.29, 1.82) is 0 Å². The van der Waals surface area contributed by atoms with E-state index < -0.39 is 3.42 Å². The molecule has 0 amide bonds. The van der Waals surface area contributed by atoms with Gasteiger partial charge in [-0.25, -0.2) is 0 Å². The number of esters is 1. The number of hydrogen-bond donors (Lipinski definition) is 0. The summed E-state index contributed by atoms with van der Waals surface area (Å²) in [6.07, 6.45) is 0. The van der Waals surface area contributed by atoms with Crippen molar-refractivity contribution in [2.45, 2.75) is 17.3 Å². The van der Waals surface area contributed by atoms with Gasteiger partial charge in [0, 0.05) is 19.6 Å². The number of ether oxygens (including phenoxy) is 2.